The maximum absolute atomic E-state index is 13.3. The Balaban J connectivity index is 2.62. The summed E-state index contributed by atoms with van der Waals surface area (Å²) in [6.07, 6.45) is 3.24. The van der Waals surface area contributed by atoms with Gasteiger partial charge in [0, 0.05) is 11.6 Å². The number of hydrogen-bond acceptors (Lipinski definition) is 2. The molecule has 0 amide bonds. The van der Waals surface area contributed by atoms with Gasteiger partial charge in [0.2, 0.25) is 0 Å². The Morgan fingerprint density at radius 1 is 1.29 bits per heavy atom. The van der Waals surface area contributed by atoms with E-state index in [0.29, 0.717) is 17.9 Å². The zero-order chi connectivity index (χ0) is 12.5. The normalized spacial score (nSPS) is 9.59. The lowest BCUT2D eigenvalue weighted by molar-refractivity contribution is 0.304. The fourth-order valence-corrected chi connectivity index (χ4v) is 1.41. The van der Waals surface area contributed by atoms with Gasteiger partial charge in [-0.15, -0.1) is 0 Å². The van der Waals surface area contributed by atoms with E-state index in [1.165, 1.54) is 12.1 Å². The van der Waals surface area contributed by atoms with Crippen molar-refractivity contribution in [2.75, 3.05) is 13.2 Å². The van der Waals surface area contributed by atoms with Crippen molar-refractivity contribution in [3.63, 3.8) is 0 Å². The van der Waals surface area contributed by atoms with Gasteiger partial charge in [-0.1, -0.05) is 31.6 Å². The number of halogens is 1. The summed E-state index contributed by atoms with van der Waals surface area (Å²) >= 11 is 0. The average Bonchev–Trinajstić information content (AvgIpc) is 2.31. The van der Waals surface area contributed by atoms with E-state index in [0.717, 1.165) is 19.3 Å². The van der Waals surface area contributed by atoms with E-state index in [1.807, 2.05) is 0 Å². The van der Waals surface area contributed by atoms with E-state index < -0.39 is 0 Å². The summed E-state index contributed by atoms with van der Waals surface area (Å²) in [6.45, 7) is 3.01. The fourth-order valence-electron chi connectivity index (χ4n) is 1.41. The van der Waals surface area contributed by atoms with Crippen LogP contribution in [0.15, 0.2) is 18.2 Å². The van der Waals surface area contributed by atoms with Crippen LogP contribution < -0.4 is 10.5 Å². The summed E-state index contributed by atoms with van der Waals surface area (Å²) in [5.41, 5.74) is 5.87. The molecule has 0 aliphatic carbocycles. The van der Waals surface area contributed by atoms with Crippen LogP contribution in [0.1, 0.15) is 31.7 Å². The van der Waals surface area contributed by atoms with E-state index in [2.05, 4.69) is 18.8 Å². The minimum Gasteiger partial charge on any atom is -0.493 e. The first kappa shape index (κ1) is 13.5. The minimum absolute atomic E-state index is 0.267. The second-order valence-electron chi connectivity index (χ2n) is 3.74. The molecule has 0 atom stereocenters. The van der Waals surface area contributed by atoms with Crippen LogP contribution in [0.3, 0.4) is 0 Å². The number of benzene rings is 1. The highest BCUT2D eigenvalue weighted by atomic mass is 19.1. The molecule has 17 heavy (non-hydrogen) atoms. The molecule has 0 bridgehead atoms. The molecule has 2 nitrogen and oxygen atoms in total. The quantitative estimate of drug-likeness (QED) is 0.629. The van der Waals surface area contributed by atoms with Crippen LogP contribution in [0, 0.1) is 17.7 Å². The van der Waals surface area contributed by atoms with Crippen molar-refractivity contribution in [3.8, 4) is 17.6 Å². The Morgan fingerprint density at radius 2 is 2.12 bits per heavy atom. The molecule has 0 spiro atoms. The Bertz CT molecular complexity index is 406. The molecule has 1 rings (SSSR count). The monoisotopic (exact) mass is 235 g/mol. The molecule has 0 saturated carbocycles. The van der Waals surface area contributed by atoms with Crippen molar-refractivity contribution in [1.29, 1.82) is 0 Å². The lowest BCUT2D eigenvalue weighted by Crippen LogP contribution is -1.98. The zero-order valence-electron chi connectivity index (χ0n) is 10.1. The highest BCUT2D eigenvalue weighted by Crippen LogP contribution is 2.16. The molecule has 0 fully saturated rings. The van der Waals surface area contributed by atoms with E-state index in [1.54, 1.807) is 6.07 Å². The van der Waals surface area contributed by atoms with Gasteiger partial charge in [0.25, 0.3) is 0 Å². The van der Waals surface area contributed by atoms with Gasteiger partial charge in [0.05, 0.1) is 13.2 Å². The van der Waals surface area contributed by atoms with Gasteiger partial charge in [-0.2, -0.15) is 0 Å². The van der Waals surface area contributed by atoms with Crippen LogP contribution in [0.4, 0.5) is 4.39 Å². The lowest BCUT2D eigenvalue weighted by Gasteiger charge is -2.06. The van der Waals surface area contributed by atoms with Gasteiger partial charge in [-0.25, -0.2) is 4.39 Å². The molecule has 0 saturated heterocycles. The van der Waals surface area contributed by atoms with E-state index in [-0.39, 0.29) is 12.4 Å². The van der Waals surface area contributed by atoms with Gasteiger partial charge >= 0.3 is 0 Å². The SMILES string of the molecule is CCCCCOc1cc(F)cc(C#CCN)c1. The number of hydrogen-bond donors (Lipinski definition) is 1. The van der Waals surface area contributed by atoms with Gasteiger partial charge in [-0.05, 0) is 18.6 Å². The molecule has 0 radical (unpaired) electrons. The van der Waals surface area contributed by atoms with Crippen LogP contribution in [-0.2, 0) is 0 Å². The predicted octanol–water partition coefficient (Wildman–Crippen LogP) is 2.70. The predicted molar refractivity (Wildman–Crippen MR) is 67.4 cm³/mol. The lowest BCUT2D eigenvalue weighted by atomic mass is 10.2. The summed E-state index contributed by atoms with van der Waals surface area (Å²) in [4.78, 5) is 0. The largest absolute Gasteiger partial charge is 0.493 e. The van der Waals surface area contributed by atoms with Gasteiger partial charge in [0.15, 0.2) is 0 Å². The smallest absolute Gasteiger partial charge is 0.128 e. The summed E-state index contributed by atoms with van der Waals surface area (Å²) in [7, 11) is 0. The number of unbranched alkanes of at least 4 members (excludes halogenated alkanes) is 2. The van der Waals surface area contributed by atoms with Gasteiger partial charge in [-0.3, -0.25) is 0 Å². The highest BCUT2D eigenvalue weighted by Gasteiger charge is 2.00. The molecule has 2 N–H and O–H groups in total. The van der Waals surface area contributed by atoms with Crippen molar-refractivity contribution in [3.05, 3.63) is 29.6 Å². The Kier molecular flexibility index (Phi) is 6.13. The van der Waals surface area contributed by atoms with Crippen LogP contribution in [0.2, 0.25) is 0 Å². The van der Waals surface area contributed by atoms with Crippen molar-refractivity contribution in [2.24, 2.45) is 5.73 Å². The summed E-state index contributed by atoms with van der Waals surface area (Å²) < 4.78 is 18.7. The fraction of sp³-hybridized carbons (Fsp3) is 0.429. The minimum atomic E-state index is -0.334. The maximum Gasteiger partial charge on any atom is 0.128 e. The standard InChI is InChI=1S/C14H18FNO/c1-2-3-4-8-17-14-10-12(6-5-7-16)9-13(15)11-14/h9-11H,2-4,7-8,16H2,1H3. The Labute approximate surface area is 102 Å². The first-order chi connectivity index (χ1) is 8.26. The zero-order valence-corrected chi connectivity index (χ0v) is 10.1. The topological polar surface area (TPSA) is 35.2 Å². The van der Waals surface area contributed by atoms with E-state index in [4.69, 9.17) is 10.5 Å². The molecule has 0 aromatic heterocycles. The van der Waals surface area contributed by atoms with Crippen molar-refractivity contribution >= 4 is 0 Å². The van der Waals surface area contributed by atoms with Crippen LogP contribution in [0.5, 0.6) is 5.75 Å². The van der Waals surface area contributed by atoms with Gasteiger partial charge < -0.3 is 10.5 Å². The van der Waals surface area contributed by atoms with Crippen LogP contribution >= 0.6 is 0 Å². The van der Waals surface area contributed by atoms with Gasteiger partial charge in [0.1, 0.15) is 11.6 Å². The maximum atomic E-state index is 13.3. The van der Waals surface area contributed by atoms with Crippen LogP contribution in [0.25, 0.3) is 0 Å². The molecule has 0 unspecified atom stereocenters. The first-order valence-corrected chi connectivity index (χ1v) is 5.88. The highest BCUT2D eigenvalue weighted by molar-refractivity contribution is 5.40. The van der Waals surface area contributed by atoms with Crippen LogP contribution in [-0.4, -0.2) is 13.2 Å². The molecule has 92 valence electrons. The van der Waals surface area contributed by atoms with Crippen molar-refractivity contribution in [2.45, 2.75) is 26.2 Å². The Hall–Kier alpha value is -1.53. The van der Waals surface area contributed by atoms with Crippen molar-refractivity contribution in [1.82, 2.24) is 0 Å². The molecule has 0 heterocycles. The summed E-state index contributed by atoms with van der Waals surface area (Å²) in [5, 5.41) is 0. The first-order valence-electron chi connectivity index (χ1n) is 5.88. The molecule has 3 heteroatoms. The average molecular weight is 235 g/mol. The molecule has 1 aromatic rings. The third-order valence-corrected chi connectivity index (χ3v) is 2.22. The number of rotatable bonds is 5. The number of ether oxygens (including phenoxy) is 1. The van der Waals surface area contributed by atoms with E-state index in [9.17, 15) is 4.39 Å². The number of nitrogens with two attached hydrogens (primary N) is 1. The second-order valence-corrected chi connectivity index (χ2v) is 3.74. The van der Waals surface area contributed by atoms with E-state index >= 15 is 0 Å². The molecule has 0 aliphatic rings. The molecular formula is C14H18FNO. The molecule has 0 aliphatic heterocycles. The third kappa shape index (κ3) is 5.37. The Morgan fingerprint density at radius 3 is 2.82 bits per heavy atom. The second kappa shape index (κ2) is 7.70. The molecule has 1 aromatic carbocycles. The summed E-state index contributed by atoms with van der Waals surface area (Å²) in [5.74, 6) is 5.68. The summed E-state index contributed by atoms with van der Waals surface area (Å²) in [6, 6.07) is 4.48. The molecular weight excluding hydrogens is 217 g/mol. The third-order valence-electron chi connectivity index (χ3n) is 2.22. The van der Waals surface area contributed by atoms with Crippen molar-refractivity contribution < 1.29 is 9.13 Å².